The molecule has 0 aromatic carbocycles. The Morgan fingerprint density at radius 1 is 1.23 bits per heavy atom. The number of hydrogen-bond donors (Lipinski definition) is 0. The minimum Gasteiger partial charge on any atom is -0.298 e. The van der Waals surface area contributed by atoms with Gasteiger partial charge in [-0.2, -0.15) is 0 Å². The van der Waals surface area contributed by atoms with Crippen molar-refractivity contribution in [1.29, 1.82) is 0 Å². The lowest BCUT2D eigenvalue weighted by molar-refractivity contribution is -0.142. The zero-order chi connectivity index (χ0) is 10.2. The second-order valence-electron chi connectivity index (χ2n) is 3.54. The van der Waals surface area contributed by atoms with Gasteiger partial charge in [-0.1, -0.05) is 13.8 Å². The zero-order valence-corrected chi connectivity index (χ0v) is 8.03. The molecule has 0 spiro atoms. The van der Waals surface area contributed by atoms with Gasteiger partial charge in [0.15, 0.2) is 0 Å². The van der Waals surface area contributed by atoms with E-state index in [1.54, 1.807) is 13.8 Å². The fourth-order valence-electron chi connectivity index (χ4n) is 1.41. The molecule has 1 fully saturated rings. The van der Waals surface area contributed by atoms with E-state index in [1.807, 2.05) is 0 Å². The Hall–Kier alpha value is -1.19. The van der Waals surface area contributed by atoms with Crippen molar-refractivity contribution >= 4 is 17.6 Å². The van der Waals surface area contributed by atoms with Gasteiger partial charge in [-0.3, -0.25) is 19.3 Å². The average Bonchev–Trinajstić information content (AvgIpc) is 2.22. The van der Waals surface area contributed by atoms with Crippen LogP contribution in [0.2, 0.25) is 0 Å². The quantitative estimate of drug-likeness (QED) is 0.575. The number of carbonyl (C=O) groups excluding carboxylic acids is 3. The van der Waals surface area contributed by atoms with Crippen LogP contribution in [0.15, 0.2) is 0 Å². The van der Waals surface area contributed by atoms with E-state index in [9.17, 15) is 14.4 Å². The lowest BCUT2D eigenvalue weighted by Crippen LogP contribution is -2.34. The summed E-state index contributed by atoms with van der Waals surface area (Å²) in [6.07, 6.45) is 0. The standard InChI is InChI=1S/C9H13NO3/c1-5(11)4-10-8(12)6(2)7(3)9(10)13/h6-7H,4H2,1-3H3. The van der Waals surface area contributed by atoms with Gasteiger partial charge in [-0.15, -0.1) is 0 Å². The van der Waals surface area contributed by atoms with Crippen LogP contribution in [-0.2, 0) is 14.4 Å². The first kappa shape index (κ1) is 9.89. The van der Waals surface area contributed by atoms with Crippen LogP contribution in [-0.4, -0.2) is 29.0 Å². The van der Waals surface area contributed by atoms with Crippen LogP contribution in [0.25, 0.3) is 0 Å². The molecule has 0 aromatic rings. The Morgan fingerprint density at radius 2 is 1.62 bits per heavy atom. The minimum atomic E-state index is -0.285. The van der Waals surface area contributed by atoms with E-state index in [1.165, 1.54) is 6.92 Å². The van der Waals surface area contributed by atoms with Crippen LogP contribution in [0, 0.1) is 11.8 Å². The highest BCUT2D eigenvalue weighted by Crippen LogP contribution is 2.24. The van der Waals surface area contributed by atoms with Gasteiger partial charge < -0.3 is 0 Å². The molecule has 2 amide bonds. The summed E-state index contributed by atoms with van der Waals surface area (Å²) in [5, 5.41) is 0. The smallest absolute Gasteiger partial charge is 0.233 e. The van der Waals surface area contributed by atoms with E-state index in [2.05, 4.69) is 0 Å². The van der Waals surface area contributed by atoms with Crippen LogP contribution in [0.3, 0.4) is 0 Å². The van der Waals surface area contributed by atoms with E-state index >= 15 is 0 Å². The number of imide groups is 1. The van der Waals surface area contributed by atoms with Crippen molar-refractivity contribution < 1.29 is 14.4 Å². The monoisotopic (exact) mass is 183 g/mol. The van der Waals surface area contributed by atoms with Crippen molar-refractivity contribution in [3.8, 4) is 0 Å². The van der Waals surface area contributed by atoms with E-state index < -0.39 is 0 Å². The van der Waals surface area contributed by atoms with Crippen LogP contribution in [0.1, 0.15) is 20.8 Å². The first-order valence-electron chi connectivity index (χ1n) is 4.29. The number of Topliss-reactive ketones (excluding diaryl/α,β-unsaturated/α-hetero) is 1. The molecule has 0 N–H and O–H groups in total. The minimum absolute atomic E-state index is 0.0770. The summed E-state index contributed by atoms with van der Waals surface area (Å²) < 4.78 is 0. The fraction of sp³-hybridized carbons (Fsp3) is 0.667. The van der Waals surface area contributed by atoms with Crippen LogP contribution in [0.5, 0.6) is 0 Å². The highest BCUT2D eigenvalue weighted by molar-refractivity contribution is 6.06. The summed E-state index contributed by atoms with van der Waals surface area (Å²) >= 11 is 0. The summed E-state index contributed by atoms with van der Waals surface area (Å²) in [5.41, 5.74) is 0. The summed E-state index contributed by atoms with van der Waals surface area (Å²) in [7, 11) is 0. The van der Waals surface area contributed by atoms with Gasteiger partial charge in [0.05, 0.1) is 6.54 Å². The molecule has 0 aliphatic carbocycles. The molecule has 1 aliphatic heterocycles. The second kappa shape index (κ2) is 3.28. The van der Waals surface area contributed by atoms with Crippen molar-refractivity contribution in [1.82, 2.24) is 4.90 Å². The maximum absolute atomic E-state index is 11.4. The Kier molecular flexibility index (Phi) is 2.50. The van der Waals surface area contributed by atoms with Gasteiger partial charge in [0.1, 0.15) is 5.78 Å². The number of amides is 2. The lowest BCUT2D eigenvalue weighted by Gasteiger charge is -2.11. The molecule has 13 heavy (non-hydrogen) atoms. The van der Waals surface area contributed by atoms with Crippen molar-refractivity contribution in [3.05, 3.63) is 0 Å². The van der Waals surface area contributed by atoms with Crippen molar-refractivity contribution in [2.45, 2.75) is 20.8 Å². The lowest BCUT2D eigenvalue weighted by atomic mass is 10.00. The molecule has 4 nitrogen and oxygen atoms in total. The van der Waals surface area contributed by atoms with Crippen molar-refractivity contribution in [2.24, 2.45) is 11.8 Å². The maximum Gasteiger partial charge on any atom is 0.233 e. The fourth-order valence-corrected chi connectivity index (χ4v) is 1.41. The van der Waals surface area contributed by atoms with Gasteiger partial charge >= 0.3 is 0 Å². The van der Waals surface area contributed by atoms with Crippen molar-refractivity contribution in [3.63, 3.8) is 0 Å². The van der Waals surface area contributed by atoms with E-state index in [4.69, 9.17) is 0 Å². The second-order valence-corrected chi connectivity index (χ2v) is 3.54. The Bertz CT molecular complexity index is 252. The highest BCUT2D eigenvalue weighted by atomic mass is 16.2. The van der Waals surface area contributed by atoms with E-state index in [0.717, 1.165) is 4.90 Å². The molecular weight excluding hydrogens is 170 g/mol. The maximum atomic E-state index is 11.4. The number of nitrogens with zero attached hydrogens (tertiary/aromatic N) is 1. The third-order valence-corrected chi connectivity index (χ3v) is 2.44. The summed E-state index contributed by atoms with van der Waals surface area (Å²) in [6, 6.07) is 0. The van der Waals surface area contributed by atoms with E-state index in [0.29, 0.717) is 0 Å². The Morgan fingerprint density at radius 3 is 1.92 bits per heavy atom. The highest BCUT2D eigenvalue weighted by Gasteiger charge is 2.42. The summed E-state index contributed by atoms with van der Waals surface area (Å²) in [5.74, 6) is -1.19. The molecule has 72 valence electrons. The number of ketones is 1. The third kappa shape index (κ3) is 1.61. The molecular formula is C9H13NO3. The van der Waals surface area contributed by atoms with Crippen LogP contribution < -0.4 is 0 Å². The van der Waals surface area contributed by atoms with Crippen LogP contribution >= 0.6 is 0 Å². The Labute approximate surface area is 76.9 Å². The molecule has 0 radical (unpaired) electrons. The topological polar surface area (TPSA) is 54.5 Å². The largest absolute Gasteiger partial charge is 0.298 e. The molecule has 0 aromatic heterocycles. The number of likely N-dealkylation sites (tertiary alicyclic amines) is 1. The summed E-state index contributed by atoms with van der Waals surface area (Å²) in [4.78, 5) is 34.6. The molecule has 2 unspecified atom stereocenters. The van der Waals surface area contributed by atoms with Crippen molar-refractivity contribution in [2.75, 3.05) is 6.54 Å². The molecule has 0 bridgehead atoms. The normalized spacial score (nSPS) is 28.4. The average molecular weight is 183 g/mol. The first-order chi connectivity index (χ1) is 5.95. The van der Waals surface area contributed by atoms with Crippen LogP contribution in [0.4, 0.5) is 0 Å². The molecule has 4 heteroatoms. The van der Waals surface area contributed by atoms with Gasteiger partial charge in [0, 0.05) is 11.8 Å². The predicted octanol–water partition coefficient (Wildman–Crippen LogP) is 0.216. The first-order valence-corrected chi connectivity index (χ1v) is 4.29. The van der Waals surface area contributed by atoms with Gasteiger partial charge in [-0.05, 0) is 6.92 Å². The molecule has 1 saturated heterocycles. The molecule has 1 heterocycles. The van der Waals surface area contributed by atoms with Gasteiger partial charge in [0.25, 0.3) is 0 Å². The SMILES string of the molecule is CC(=O)CN1C(=O)C(C)C(C)C1=O. The third-order valence-electron chi connectivity index (χ3n) is 2.44. The van der Waals surface area contributed by atoms with Gasteiger partial charge in [-0.25, -0.2) is 0 Å². The summed E-state index contributed by atoms with van der Waals surface area (Å²) in [6.45, 7) is 4.72. The number of carbonyl (C=O) groups is 3. The number of rotatable bonds is 2. The molecule has 2 atom stereocenters. The van der Waals surface area contributed by atoms with E-state index in [-0.39, 0.29) is 36.0 Å². The predicted molar refractivity (Wildman–Crippen MR) is 45.7 cm³/mol. The molecule has 1 rings (SSSR count). The zero-order valence-electron chi connectivity index (χ0n) is 8.03. The molecule has 1 aliphatic rings. The molecule has 0 saturated carbocycles. The van der Waals surface area contributed by atoms with Gasteiger partial charge in [0.2, 0.25) is 11.8 Å². The number of hydrogen-bond acceptors (Lipinski definition) is 3. The Balaban J connectivity index is 2.81.